The van der Waals surface area contributed by atoms with Gasteiger partial charge in [0.1, 0.15) is 0 Å². The summed E-state index contributed by atoms with van der Waals surface area (Å²) in [6, 6.07) is 0. The minimum absolute atomic E-state index is 0.198. The lowest BCUT2D eigenvalue weighted by Gasteiger charge is -2.07. The van der Waals surface area contributed by atoms with Gasteiger partial charge in [0.25, 0.3) is 0 Å². The van der Waals surface area contributed by atoms with Gasteiger partial charge in [0, 0.05) is 17.8 Å². The highest BCUT2D eigenvalue weighted by atomic mass is 16.3. The van der Waals surface area contributed by atoms with E-state index in [1.165, 1.54) is 0 Å². The van der Waals surface area contributed by atoms with E-state index < -0.39 is 6.10 Å². The Labute approximate surface area is 74.6 Å². The van der Waals surface area contributed by atoms with Crippen molar-refractivity contribution in [3.8, 4) is 0 Å². The lowest BCUT2D eigenvalue weighted by Crippen LogP contribution is -2.19. The zero-order valence-corrected chi connectivity index (χ0v) is 7.08. The van der Waals surface area contributed by atoms with Crippen molar-refractivity contribution in [3.63, 3.8) is 0 Å². The Bertz CT molecular complexity index is 385. The van der Waals surface area contributed by atoms with Crippen molar-refractivity contribution in [2.24, 2.45) is 5.73 Å². The highest BCUT2D eigenvalue weighted by Gasteiger charge is 2.24. The first kappa shape index (κ1) is 8.40. The van der Waals surface area contributed by atoms with Gasteiger partial charge in [-0.05, 0) is 12.8 Å². The Balaban J connectivity index is 2.64. The third-order valence-corrected chi connectivity index (χ3v) is 2.32. The van der Waals surface area contributed by atoms with Gasteiger partial charge in [-0.1, -0.05) is 0 Å². The fraction of sp³-hybridized carbons (Fsp3) is 0.500. The molecule has 0 fully saturated rings. The van der Waals surface area contributed by atoms with E-state index >= 15 is 0 Å². The zero-order chi connectivity index (χ0) is 9.42. The maximum atomic E-state index is 11.0. The molecule has 1 aromatic heterocycles. The van der Waals surface area contributed by atoms with E-state index in [0.29, 0.717) is 18.5 Å². The van der Waals surface area contributed by atoms with Gasteiger partial charge in [0.05, 0.1) is 11.8 Å². The second-order valence-corrected chi connectivity index (χ2v) is 3.14. The molecule has 5 nitrogen and oxygen atoms in total. The van der Waals surface area contributed by atoms with Crippen molar-refractivity contribution < 1.29 is 5.11 Å². The Morgan fingerprint density at radius 3 is 3.15 bits per heavy atom. The van der Waals surface area contributed by atoms with Gasteiger partial charge < -0.3 is 15.8 Å². The van der Waals surface area contributed by atoms with Crippen molar-refractivity contribution in [3.05, 3.63) is 27.4 Å². The number of fused-ring (bicyclic) bond motifs is 1. The third-order valence-electron chi connectivity index (χ3n) is 2.32. The van der Waals surface area contributed by atoms with E-state index in [9.17, 15) is 9.90 Å². The molecule has 1 unspecified atom stereocenters. The molecule has 1 heterocycles. The number of hydrogen-bond acceptors (Lipinski definition) is 4. The molecular formula is C8H11N3O2. The van der Waals surface area contributed by atoms with Crippen LogP contribution in [0.15, 0.2) is 4.79 Å². The number of nitrogens with one attached hydrogen (secondary N) is 1. The van der Waals surface area contributed by atoms with Gasteiger partial charge >= 0.3 is 5.69 Å². The largest absolute Gasteiger partial charge is 0.388 e. The fourth-order valence-corrected chi connectivity index (χ4v) is 1.75. The molecule has 0 amide bonds. The fourth-order valence-electron chi connectivity index (χ4n) is 1.75. The predicted molar refractivity (Wildman–Crippen MR) is 46.0 cm³/mol. The van der Waals surface area contributed by atoms with Gasteiger partial charge in [-0.15, -0.1) is 0 Å². The number of aliphatic hydroxyl groups excluding tert-OH is 1. The minimum atomic E-state index is -0.516. The molecule has 4 N–H and O–H groups in total. The lowest BCUT2D eigenvalue weighted by molar-refractivity contribution is 0.178. The molecule has 0 saturated carbocycles. The number of rotatable bonds is 1. The van der Waals surface area contributed by atoms with Crippen LogP contribution in [0, 0.1) is 0 Å². The van der Waals surface area contributed by atoms with Gasteiger partial charge in [0.15, 0.2) is 0 Å². The minimum Gasteiger partial charge on any atom is -0.388 e. The van der Waals surface area contributed by atoms with E-state index in [0.717, 1.165) is 11.3 Å². The van der Waals surface area contributed by atoms with Crippen molar-refractivity contribution >= 4 is 0 Å². The Hall–Kier alpha value is -1.20. The molecule has 5 heteroatoms. The quantitative estimate of drug-likeness (QED) is 0.529. The van der Waals surface area contributed by atoms with Crippen LogP contribution in [0.2, 0.25) is 0 Å². The number of nitrogens with zero attached hydrogens (tertiary/aromatic N) is 1. The maximum Gasteiger partial charge on any atom is 0.345 e. The summed E-state index contributed by atoms with van der Waals surface area (Å²) < 4.78 is 0. The molecular weight excluding hydrogens is 170 g/mol. The summed E-state index contributed by atoms with van der Waals surface area (Å²) >= 11 is 0. The third kappa shape index (κ3) is 1.26. The van der Waals surface area contributed by atoms with Crippen LogP contribution < -0.4 is 11.4 Å². The summed E-state index contributed by atoms with van der Waals surface area (Å²) in [6.45, 7) is 0.198. The summed E-state index contributed by atoms with van der Waals surface area (Å²) in [5, 5.41) is 9.57. The van der Waals surface area contributed by atoms with E-state index in [-0.39, 0.29) is 12.2 Å². The number of aromatic nitrogens is 2. The lowest BCUT2D eigenvalue weighted by atomic mass is 10.1. The van der Waals surface area contributed by atoms with Crippen molar-refractivity contribution in [2.75, 3.05) is 0 Å². The first-order valence-electron chi connectivity index (χ1n) is 4.22. The molecule has 0 radical (unpaired) electrons. The molecule has 0 aromatic carbocycles. The van der Waals surface area contributed by atoms with Crippen LogP contribution in [0.3, 0.4) is 0 Å². The SMILES string of the molecule is NCc1nc(=O)[nH]c2c1C(O)CC2. The molecule has 1 aliphatic carbocycles. The van der Waals surface area contributed by atoms with Gasteiger partial charge in [-0.3, -0.25) is 0 Å². The van der Waals surface area contributed by atoms with Crippen LogP contribution >= 0.6 is 0 Å². The van der Waals surface area contributed by atoms with E-state index in [1.807, 2.05) is 0 Å². The molecule has 0 spiro atoms. The van der Waals surface area contributed by atoms with Crippen LogP contribution in [0.1, 0.15) is 29.5 Å². The molecule has 0 saturated heterocycles. The number of aromatic amines is 1. The average Bonchev–Trinajstić information content (AvgIpc) is 2.46. The van der Waals surface area contributed by atoms with Crippen LogP contribution in [-0.2, 0) is 13.0 Å². The summed E-state index contributed by atoms with van der Waals surface area (Å²) in [5.74, 6) is 0. The van der Waals surface area contributed by atoms with Crippen molar-refractivity contribution in [1.29, 1.82) is 0 Å². The van der Waals surface area contributed by atoms with Crippen LogP contribution in [-0.4, -0.2) is 15.1 Å². The first-order valence-corrected chi connectivity index (χ1v) is 4.22. The predicted octanol–water partition coefficient (Wildman–Crippen LogP) is -0.792. The van der Waals surface area contributed by atoms with E-state index in [2.05, 4.69) is 9.97 Å². The van der Waals surface area contributed by atoms with Gasteiger partial charge in [-0.25, -0.2) is 4.79 Å². The summed E-state index contributed by atoms with van der Waals surface area (Å²) in [5.41, 5.74) is 7.07. The van der Waals surface area contributed by atoms with Crippen molar-refractivity contribution in [2.45, 2.75) is 25.5 Å². The molecule has 70 valence electrons. The number of nitrogens with two attached hydrogens (primary N) is 1. The normalized spacial score (nSPS) is 20.3. The maximum absolute atomic E-state index is 11.0. The number of hydrogen-bond donors (Lipinski definition) is 3. The number of H-pyrrole nitrogens is 1. The summed E-state index contributed by atoms with van der Waals surface area (Å²) in [7, 11) is 0. The highest BCUT2D eigenvalue weighted by molar-refractivity contribution is 5.31. The summed E-state index contributed by atoms with van der Waals surface area (Å²) in [4.78, 5) is 17.3. The Kier molecular flexibility index (Phi) is 1.90. The molecule has 0 bridgehead atoms. The molecule has 1 atom stereocenters. The summed E-state index contributed by atoms with van der Waals surface area (Å²) in [6.07, 6.45) is 0.823. The second kappa shape index (κ2) is 2.93. The topological polar surface area (TPSA) is 92.0 Å². The Morgan fingerprint density at radius 2 is 2.46 bits per heavy atom. The number of aliphatic hydroxyl groups is 1. The van der Waals surface area contributed by atoms with Crippen LogP contribution in [0.4, 0.5) is 0 Å². The van der Waals surface area contributed by atoms with Crippen LogP contribution in [0.5, 0.6) is 0 Å². The molecule has 13 heavy (non-hydrogen) atoms. The molecule has 1 aliphatic rings. The molecule has 2 rings (SSSR count). The zero-order valence-electron chi connectivity index (χ0n) is 7.08. The van der Waals surface area contributed by atoms with Crippen molar-refractivity contribution in [1.82, 2.24) is 9.97 Å². The van der Waals surface area contributed by atoms with Crippen LogP contribution in [0.25, 0.3) is 0 Å². The Morgan fingerprint density at radius 1 is 1.69 bits per heavy atom. The molecule has 0 aliphatic heterocycles. The first-order chi connectivity index (χ1) is 6.22. The average molecular weight is 181 g/mol. The second-order valence-electron chi connectivity index (χ2n) is 3.14. The van der Waals surface area contributed by atoms with E-state index in [4.69, 9.17) is 5.73 Å². The van der Waals surface area contributed by atoms with Gasteiger partial charge in [-0.2, -0.15) is 4.98 Å². The van der Waals surface area contributed by atoms with E-state index in [1.54, 1.807) is 0 Å². The smallest absolute Gasteiger partial charge is 0.345 e. The number of aryl methyl sites for hydroxylation is 1. The molecule has 1 aromatic rings. The monoisotopic (exact) mass is 181 g/mol. The standard InChI is InChI=1S/C8H11N3O2/c9-3-5-7-4(1-2-6(7)12)10-8(13)11-5/h6,12H,1-3,9H2,(H,10,11,13). The van der Waals surface area contributed by atoms with Gasteiger partial charge in [0.2, 0.25) is 0 Å². The highest BCUT2D eigenvalue weighted by Crippen LogP contribution is 2.30.